The van der Waals surface area contributed by atoms with Gasteiger partial charge in [0, 0.05) is 12.5 Å². The number of hydrogen-bond donors (Lipinski definition) is 1. The van der Waals surface area contributed by atoms with Gasteiger partial charge in [-0.1, -0.05) is 6.07 Å². The summed E-state index contributed by atoms with van der Waals surface area (Å²) in [5, 5.41) is 0. The molecule has 0 radical (unpaired) electrons. The van der Waals surface area contributed by atoms with Crippen LogP contribution in [0, 0.1) is 0 Å². The van der Waals surface area contributed by atoms with E-state index < -0.39 is 0 Å². The highest BCUT2D eigenvalue weighted by atomic mass is 16.7. The molecule has 1 heterocycles. The molecule has 5 heteroatoms. The molecule has 1 saturated heterocycles. The molecule has 1 aromatic rings. The van der Waals surface area contributed by atoms with Crippen LogP contribution in [0.25, 0.3) is 0 Å². The van der Waals surface area contributed by atoms with E-state index in [9.17, 15) is 0 Å². The number of nitrogens with two attached hydrogens (primary N) is 1. The predicted octanol–water partition coefficient (Wildman–Crippen LogP) is 2.25. The van der Waals surface area contributed by atoms with Crippen molar-refractivity contribution in [1.29, 1.82) is 0 Å². The lowest BCUT2D eigenvalue weighted by Crippen LogP contribution is -2.19. The Hall–Kier alpha value is -1.30. The molecule has 0 aromatic heterocycles. The molecule has 1 aromatic carbocycles. The SMILES string of the molecule is CCOc1ccc(C(N)CC2OCCO2)cc1OCC. The quantitative estimate of drug-likeness (QED) is 0.830. The Balaban J connectivity index is 2.07. The summed E-state index contributed by atoms with van der Waals surface area (Å²) >= 11 is 0. The van der Waals surface area contributed by atoms with Crippen molar-refractivity contribution < 1.29 is 18.9 Å². The molecule has 2 N–H and O–H groups in total. The van der Waals surface area contributed by atoms with Gasteiger partial charge in [0.05, 0.1) is 26.4 Å². The van der Waals surface area contributed by atoms with Gasteiger partial charge < -0.3 is 24.7 Å². The van der Waals surface area contributed by atoms with Crippen molar-refractivity contribution in [2.75, 3.05) is 26.4 Å². The second-order valence-electron chi connectivity index (χ2n) is 4.59. The van der Waals surface area contributed by atoms with Gasteiger partial charge in [-0.05, 0) is 31.5 Å². The van der Waals surface area contributed by atoms with E-state index in [1.165, 1.54) is 0 Å². The van der Waals surface area contributed by atoms with E-state index in [0.717, 1.165) is 17.1 Å². The largest absolute Gasteiger partial charge is 0.490 e. The predicted molar refractivity (Wildman–Crippen MR) is 76.0 cm³/mol. The summed E-state index contributed by atoms with van der Waals surface area (Å²) in [5.74, 6) is 1.48. The minimum absolute atomic E-state index is 0.145. The summed E-state index contributed by atoms with van der Waals surface area (Å²) in [7, 11) is 0. The third-order valence-corrected chi connectivity index (χ3v) is 3.13. The lowest BCUT2D eigenvalue weighted by atomic mass is 10.0. The lowest BCUT2D eigenvalue weighted by molar-refractivity contribution is -0.0507. The highest BCUT2D eigenvalue weighted by Crippen LogP contribution is 2.31. The molecular formula is C15H23NO4. The second kappa shape index (κ2) is 7.47. The summed E-state index contributed by atoms with van der Waals surface area (Å²) in [6.45, 7) is 6.38. The van der Waals surface area contributed by atoms with Gasteiger partial charge >= 0.3 is 0 Å². The molecule has 2 rings (SSSR count). The van der Waals surface area contributed by atoms with Crippen molar-refractivity contribution in [2.45, 2.75) is 32.6 Å². The van der Waals surface area contributed by atoms with E-state index >= 15 is 0 Å². The van der Waals surface area contributed by atoms with Crippen LogP contribution in [0.15, 0.2) is 18.2 Å². The first-order valence-electron chi connectivity index (χ1n) is 7.13. The summed E-state index contributed by atoms with van der Waals surface area (Å²) in [4.78, 5) is 0. The van der Waals surface area contributed by atoms with E-state index in [-0.39, 0.29) is 12.3 Å². The fourth-order valence-corrected chi connectivity index (χ4v) is 2.19. The van der Waals surface area contributed by atoms with E-state index in [1.54, 1.807) is 0 Å². The number of rotatable bonds is 7. The topological polar surface area (TPSA) is 62.9 Å². The average Bonchev–Trinajstić information content (AvgIpc) is 2.94. The van der Waals surface area contributed by atoms with Crippen molar-refractivity contribution in [3.63, 3.8) is 0 Å². The third kappa shape index (κ3) is 3.85. The lowest BCUT2D eigenvalue weighted by Gasteiger charge is -2.18. The molecule has 1 aliphatic rings. The second-order valence-corrected chi connectivity index (χ2v) is 4.59. The Bertz CT molecular complexity index is 418. The van der Waals surface area contributed by atoms with Crippen molar-refractivity contribution in [2.24, 2.45) is 5.73 Å². The van der Waals surface area contributed by atoms with Crippen molar-refractivity contribution >= 4 is 0 Å². The highest BCUT2D eigenvalue weighted by Gasteiger charge is 2.21. The zero-order chi connectivity index (χ0) is 14.4. The van der Waals surface area contributed by atoms with E-state index in [0.29, 0.717) is 32.8 Å². The minimum Gasteiger partial charge on any atom is -0.490 e. The maximum absolute atomic E-state index is 6.21. The Morgan fingerprint density at radius 3 is 2.45 bits per heavy atom. The fraction of sp³-hybridized carbons (Fsp3) is 0.600. The van der Waals surface area contributed by atoms with Crippen LogP contribution in [0.1, 0.15) is 31.9 Å². The minimum atomic E-state index is -0.202. The third-order valence-electron chi connectivity index (χ3n) is 3.13. The number of ether oxygens (including phenoxy) is 4. The molecule has 0 aliphatic carbocycles. The number of hydrogen-bond acceptors (Lipinski definition) is 5. The van der Waals surface area contributed by atoms with E-state index in [1.807, 2.05) is 32.0 Å². The van der Waals surface area contributed by atoms with Gasteiger partial charge in [0.2, 0.25) is 0 Å². The van der Waals surface area contributed by atoms with Crippen molar-refractivity contribution in [3.05, 3.63) is 23.8 Å². The fourth-order valence-electron chi connectivity index (χ4n) is 2.19. The molecule has 0 bridgehead atoms. The summed E-state index contributed by atoms with van der Waals surface area (Å²) < 4.78 is 22.0. The van der Waals surface area contributed by atoms with E-state index in [2.05, 4.69) is 0 Å². The van der Waals surface area contributed by atoms with Crippen LogP contribution >= 0.6 is 0 Å². The molecule has 0 spiro atoms. The van der Waals surface area contributed by atoms with Gasteiger partial charge in [-0.15, -0.1) is 0 Å². The van der Waals surface area contributed by atoms with Crippen molar-refractivity contribution in [1.82, 2.24) is 0 Å². The standard InChI is InChI=1S/C15H23NO4/c1-3-17-13-6-5-11(9-14(13)18-4-2)12(16)10-15-19-7-8-20-15/h5-6,9,12,15H,3-4,7-8,10,16H2,1-2H3. The first-order chi connectivity index (χ1) is 9.74. The monoisotopic (exact) mass is 281 g/mol. The molecular weight excluding hydrogens is 258 g/mol. The van der Waals surface area contributed by atoms with Gasteiger partial charge in [-0.2, -0.15) is 0 Å². The molecule has 1 fully saturated rings. The number of benzene rings is 1. The van der Waals surface area contributed by atoms with Crippen LogP contribution in [0.2, 0.25) is 0 Å². The van der Waals surface area contributed by atoms with Gasteiger partial charge in [-0.3, -0.25) is 0 Å². The molecule has 1 aliphatic heterocycles. The zero-order valence-corrected chi connectivity index (χ0v) is 12.1. The van der Waals surface area contributed by atoms with Crippen molar-refractivity contribution in [3.8, 4) is 11.5 Å². The highest BCUT2D eigenvalue weighted by molar-refractivity contribution is 5.43. The maximum atomic E-state index is 6.21. The molecule has 0 amide bonds. The maximum Gasteiger partial charge on any atom is 0.161 e. The average molecular weight is 281 g/mol. The first-order valence-corrected chi connectivity index (χ1v) is 7.13. The van der Waals surface area contributed by atoms with Gasteiger partial charge in [0.25, 0.3) is 0 Å². The smallest absolute Gasteiger partial charge is 0.161 e. The van der Waals surface area contributed by atoms with E-state index in [4.69, 9.17) is 24.7 Å². The Labute approximate surface area is 120 Å². The molecule has 0 saturated carbocycles. The van der Waals surface area contributed by atoms with Crippen LogP contribution in [-0.4, -0.2) is 32.7 Å². The van der Waals surface area contributed by atoms with Crippen LogP contribution < -0.4 is 15.2 Å². The summed E-state index contributed by atoms with van der Waals surface area (Å²) in [5.41, 5.74) is 7.20. The first kappa shape index (κ1) is 15.1. The van der Waals surface area contributed by atoms with Crippen LogP contribution in [-0.2, 0) is 9.47 Å². The zero-order valence-electron chi connectivity index (χ0n) is 12.1. The molecule has 112 valence electrons. The summed E-state index contributed by atoms with van der Waals surface area (Å²) in [6.07, 6.45) is 0.437. The summed E-state index contributed by atoms with van der Waals surface area (Å²) in [6, 6.07) is 5.66. The molecule has 20 heavy (non-hydrogen) atoms. The molecule has 5 nitrogen and oxygen atoms in total. The Kier molecular flexibility index (Phi) is 5.64. The normalized spacial score (nSPS) is 17.1. The Morgan fingerprint density at radius 2 is 1.80 bits per heavy atom. The molecule has 1 atom stereocenters. The van der Waals surface area contributed by atoms with Gasteiger partial charge in [-0.25, -0.2) is 0 Å². The van der Waals surface area contributed by atoms with Crippen LogP contribution in [0.3, 0.4) is 0 Å². The van der Waals surface area contributed by atoms with Gasteiger partial charge in [0.1, 0.15) is 0 Å². The molecule has 1 unspecified atom stereocenters. The Morgan fingerprint density at radius 1 is 1.15 bits per heavy atom. The van der Waals surface area contributed by atoms with Gasteiger partial charge in [0.15, 0.2) is 17.8 Å². The van der Waals surface area contributed by atoms with Crippen LogP contribution in [0.5, 0.6) is 11.5 Å². The van der Waals surface area contributed by atoms with Crippen LogP contribution in [0.4, 0.5) is 0 Å².